The number of nitrogens with zero attached hydrogens (tertiary/aromatic N) is 1. The van der Waals surface area contributed by atoms with E-state index in [1.165, 1.54) is 6.42 Å². The van der Waals surface area contributed by atoms with Gasteiger partial charge in [0.25, 0.3) is 0 Å². The molecule has 3 rings (SSSR count). The van der Waals surface area contributed by atoms with Crippen molar-refractivity contribution in [3.8, 4) is 5.75 Å². The molecule has 0 aromatic heterocycles. The van der Waals surface area contributed by atoms with Crippen LogP contribution < -0.4 is 15.5 Å². The van der Waals surface area contributed by atoms with Crippen LogP contribution in [0.2, 0.25) is 0 Å². The number of aliphatic carboxylic acids is 1. The molecular formula is C18H21N3O3S. The normalized spacial score (nSPS) is 24.2. The molecule has 6 nitrogen and oxygen atoms in total. The van der Waals surface area contributed by atoms with E-state index in [-0.39, 0.29) is 0 Å². The van der Waals surface area contributed by atoms with E-state index in [4.69, 9.17) is 22.1 Å². The summed E-state index contributed by atoms with van der Waals surface area (Å²) < 4.78 is 5.30. The number of nitrogens with one attached hydrogen (secondary N) is 2. The highest BCUT2D eigenvalue weighted by Gasteiger charge is 2.35. The Morgan fingerprint density at radius 2 is 2.16 bits per heavy atom. The van der Waals surface area contributed by atoms with Crippen molar-refractivity contribution < 1.29 is 14.6 Å². The Kier molecular flexibility index (Phi) is 5.33. The molecule has 2 aliphatic rings. The summed E-state index contributed by atoms with van der Waals surface area (Å²) in [5.74, 6) is 0.687. The molecule has 0 amide bonds. The number of thiocarbonyl (C=S) groups is 1. The minimum Gasteiger partial charge on any atom is -0.481 e. The highest BCUT2D eigenvalue weighted by Crippen LogP contribution is 2.38. The Morgan fingerprint density at radius 3 is 2.84 bits per heavy atom. The molecule has 0 saturated heterocycles. The molecule has 0 heterocycles. The molecule has 0 radical (unpaired) electrons. The summed E-state index contributed by atoms with van der Waals surface area (Å²) >= 11 is 5.33. The number of hydrazone groups is 1. The summed E-state index contributed by atoms with van der Waals surface area (Å²) in [5, 5.41) is 16.9. The number of carboxylic acid groups (broad SMARTS) is 1. The van der Waals surface area contributed by atoms with E-state index in [1.807, 2.05) is 19.1 Å². The lowest BCUT2D eigenvalue weighted by atomic mass is 10.0. The SMILES string of the molecule is C/C(=N/NC(=S)N[C@@H]1C[C@@H]2C=C[C@@H]1C2)c1ccccc1OCC(=O)O. The van der Waals surface area contributed by atoms with Gasteiger partial charge in [0.05, 0.1) is 5.71 Å². The van der Waals surface area contributed by atoms with Crippen LogP contribution in [-0.4, -0.2) is 34.5 Å². The Morgan fingerprint density at radius 1 is 1.36 bits per heavy atom. The summed E-state index contributed by atoms with van der Waals surface area (Å²) in [6.07, 6.45) is 6.86. The van der Waals surface area contributed by atoms with Crippen molar-refractivity contribution in [2.75, 3.05) is 6.61 Å². The summed E-state index contributed by atoms with van der Waals surface area (Å²) in [5.41, 5.74) is 4.26. The average Bonchev–Trinajstić information content (AvgIpc) is 3.21. The van der Waals surface area contributed by atoms with E-state index in [1.54, 1.807) is 12.1 Å². The fourth-order valence-corrected chi connectivity index (χ4v) is 3.57. The molecule has 2 bridgehead atoms. The molecule has 3 N–H and O–H groups in total. The van der Waals surface area contributed by atoms with Crippen molar-refractivity contribution in [3.63, 3.8) is 0 Å². The first kappa shape index (κ1) is 17.4. The molecule has 1 aromatic carbocycles. The van der Waals surface area contributed by atoms with Crippen molar-refractivity contribution in [3.05, 3.63) is 42.0 Å². The molecule has 0 unspecified atom stereocenters. The van der Waals surface area contributed by atoms with Crippen LogP contribution in [-0.2, 0) is 4.79 Å². The van der Waals surface area contributed by atoms with Gasteiger partial charge < -0.3 is 15.2 Å². The largest absolute Gasteiger partial charge is 0.481 e. The fraction of sp³-hybridized carbons (Fsp3) is 0.389. The molecule has 1 saturated carbocycles. The van der Waals surface area contributed by atoms with Crippen molar-refractivity contribution in [2.24, 2.45) is 16.9 Å². The Hall–Kier alpha value is -2.41. The van der Waals surface area contributed by atoms with Gasteiger partial charge in [-0.15, -0.1) is 0 Å². The van der Waals surface area contributed by atoms with Gasteiger partial charge in [0.1, 0.15) is 5.75 Å². The van der Waals surface area contributed by atoms with Crippen LogP contribution in [0, 0.1) is 11.8 Å². The minimum absolute atomic E-state index is 0.372. The van der Waals surface area contributed by atoms with Gasteiger partial charge in [0.15, 0.2) is 11.7 Å². The van der Waals surface area contributed by atoms with Crippen molar-refractivity contribution in [2.45, 2.75) is 25.8 Å². The lowest BCUT2D eigenvalue weighted by molar-refractivity contribution is -0.139. The maximum Gasteiger partial charge on any atom is 0.341 e. The molecule has 2 aliphatic carbocycles. The first-order valence-electron chi connectivity index (χ1n) is 8.26. The standard InChI is InChI=1S/C18H21N3O3S/c1-11(14-4-2-3-5-16(14)24-10-17(22)23)20-21-18(25)19-15-9-12-6-7-13(15)8-12/h2-7,12-13,15H,8-10H2,1H3,(H,22,23)(H2,19,21,25)/b20-11-/t12-,13-,15-/m1/s1. The molecule has 0 spiro atoms. The topological polar surface area (TPSA) is 83.0 Å². The molecule has 132 valence electrons. The minimum atomic E-state index is -1.02. The molecule has 1 aromatic rings. The van der Waals surface area contributed by atoms with Crippen molar-refractivity contribution >= 4 is 29.0 Å². The third kappa shape index (κ3) is 4.36. The molecule has 25 heavy (non-hydrogen) atoms. The second-order valence-corrected chi connectivity index (χ2v) is 6.76. The van der Waals surface area contributed by atoms with Crippen LogP contribution in [0.1, 0.15) is 25.3 Å². The number of para-hydroxylation sites is 1. The zero-order valence-corrected chi connectivity index (χ0v) is 14.8. The maximum absolute atomic E-state index is 10.7. The number of hydrogen-bond acceptors (Lipinski definition) is 4. The molecule has 3 atom stereocenters. The van der Waals surface area contributed by atoms with Crippen LogP contribution in [0.5, 0.6) is 5.75 Å². The zero-order valence-electron chi connectivity index (χ0n) is 13.9. The van der Waals surface area contributed by atoms with Gasteiger partial charge in [-0.2, -0.15) is 5.10 Å². The number of ether oxygens (including phenoxy) is 1. The van der Waals surface area contributed by atoms with Gasteiger partial charge >= 0.3 is 5.97 Å². The third-order valence-corrected chi connectivity index (χ3v) is 4.76. The van der Waals surface area contributed by atoms with Crippen LogP contribution >= 0.6 is 12.2 Å². The first-order chi connectivity index (χ1) is 12.0. The fourth-order valence-electron chi connectivity index (χ4n) is 3.37. The average molecular weight is 359 g/mol. The van der Waals surface area contributed by atoms with E-state index in [9.17, 15) is 4.79 Å². The van der Waals surface area contributed by atoms with Gasteiger partial charge in [-0.25, -0.2) is 4.79 Å². The van der Waals surface area contributed by atoms with E-state index >= 15 is 0 Å². The lowest BCUT2D eigenvalue weighted by Gasteiger charge is -2.21. The van der Waals surface area contributed by atoms with Gasteiger partial charge in [-0.1, -0.05) is 24.3 Å². The smallest absolute Gasteiger partial charge is 0.341 e. The number of carboxylic acids is 1. The maximum atomic E-state index is 10.7. The Labute approximate surface area is 152 Å². The monoisotopic (exact) mass is 359 g/mol. The summed E-state index contributed by atoms with van der Waals surface area (Å²) in [6.45, 7) is 1.42. The Bertz CT molecular complexity index is 732. The second-order valence-electron chi connectivity index (χ2n) is 6.35. The van der Waals surface area contributed by atoms with Crippen LogP contribution in [0.15, 0.2) is 41.5 Å². The molecular weight excluding hydrogens is 338 g/mol. The zero-order chi connectivity index (χ0) is 17.8. The third-order valence-electron chi connectivity index (χ3n) is 4.55. The van der Waals surface area contributed by atoms with E-state index in [0.717, 1.165) is 12.0 Å². The van der Waals surface area contributed by atoms with Gasteiger partial charge in [0.2, 0.25) is 0 Å². The predicted octanol–water partition coefficient (Wildman–Crippen LogP) is 2.30. The number of allylic oxidation sites excluding steroid dienone is 1. The van der Waals surface area contributed by atoms with E-state index in [2.05, 4.69) is 28.0 Å². The van der Waals surface area contributed by atoms with Gasteiger partial charge in [-0.3, -0.25) is 5.43 Å². The van der Waals surface area contributed by atoms with Crippen molar-refractivity contribution in [1.82, 2.24) is 10.7 Å². The van der Waals surface area contributed by atoms with Gasteiger partial charge in [-0.05, 0) is 56.0 Å². The Balaban J connectivity index is 1.58. The van der Waals surface area contributed by atoms with Gasteiger partial charge in [0, 0.05) is 11.6 Å². The van der Waals surface area contributed by atoms with Crippen LogP contribution in [0.3, 0.4) is 0 Å². The predicted molar refractivity (Wildman–Crippen MR) is 99.8 cm³/mol. The highest BCUT2D eigenvalue weighted by molar-refractivity contribution is 7.80. The highest BCUT2D eigenvalue weighted by atomic mass is 32.1. The first-order valence-corrected chi connectivity index (χ1v) is 8.67. The van der Waals surface area contributed by atoms with Crippen LogP contribution in [0.25, 0.3) is 0 Å². The van der Waals surface area contributed by atoms with Crippen LogP contribution in [0.4, 0.5) is 0 Å². The van der Waals surface area contributed by atoms with Crippen molar-refractivity contribution in [1.29, 1.82) is 0 Å². The molecule has 0 aliphatic heterocycles. The quantitative estimate of drug-likeness (QED) is 0.313. The lowest BCUT2D eigenvalue weighted by Crippen LogP contribution is -2.42. The summed E-state index contributed by atoms with van der Waals surface area (Å²) in [4.78, 5) is 10.7. The summed E-state index contributed by atoms with van der Waals surface area (Å²) in [7, 11) is 0. The van der Waals surface area contributed by atoms with E-state index < -0.39 is 12.6 Å². The number of fused-ring (bicyclic) bond motifs is 2. The number of hydrogen-bond donors (Lipinski definition) is 3. The number of benzene rings is 1. The molecule has 7 heteroatoms. The number of rotatable bonds is 6. The number of carbonyl (C=O) groups is 1. The molecule has 1 fully saturated rings. The second kappa shape index (κ2) is 7.65. The summed E-state index contributed by atoms with van der Waals surface area (Å²) in [6, 6.07) is 7.55. The van der Waals surface area contributed by atoms with E-state index in [0.29, 0.717) is 34.5 Å².